The van der Waals surface area contributed by atoms with Gasteiger partial charge in [0, 0.05) is 18.0 Å². The van der Waals surface area contributed by atoms with Crippen LogP contribution in [0.1, 0.15) is 64.1 Å². The van der Waals surface area contributed by atoms with Gasteiger partial charge in [0.25, 0.3) is 0 Å². The van der Waals surface area contributed by atoms with Crippen LogP contribution in [0.15, 0.2) is 6.20 Å². The molecule has 0 aromatic carbocycles. The maximum Gasteiger partial charge on any atom is 0.0821 e. The molecule has 1 fully saturated rings. The first-order chi connectivity index (χ1) is 8.54. The van der Waals surface area contributed by atoms with Crippen LogP contribution >= 0.6 is 11.6 Å². The molecule has 0 spiro atoms. The van der Waals surface area contributed by atoms with Crippen LogP contribution in [-0.2, 0) is 0 Å². The fourth-order valence-electron chi connectivity index (χ4n) is 3.08. The Balaban J connectivity index is 2.31. The van der Waals surface area contributed by atoms with Crippen molar-refractivity contribution >= 4 is 11.6 Å². The molecule has 3 nitrogen and oxygen atoms in total. The number of halogens is 1. The first kappa shape index (κ1) is 13.9. The van der Waals surface area contributed by atoms with Crippen molar-refractivity contribution in [1.29, 1.82) is 0 Å². The van der Waals surface area contributed by atoms with Gasteiger partial charge in [-0.1, -0.05) is 24.9 Å². The Morgan fingerprint density at radius 1 is 1.50 bits per heavy atom. The summed E-state index contributed by atoms with van der Waals surface area (Å²) in [6, 6.07) is 0.557. The summed E-state index contributed by atoms with van der Waals surface area (Å²) in [5.74, 6) is 1.14. The summed E-state index contributed by atoms with van der Waals surface area (Å²) in [5.41, 5.74) is 7.48. The van der Waals surface area contributed by atoms with E-state index >= 15 is 0 Å². The molecule has 0 bridgehead atoms. The minimum absolute atomic E-state index is 0.222. The Labute approximate surface area is 115 Å². The zero-order valence-corrected chi connectivity index (χ0v) is 12.3. The van der Waals surface area contributed by atoms with E-state index in [1.54, 1.807) is 6.20 Å². The molecule has 4 heteroatoms. The zero-order chi connectivity index (χ0) is 13.3. The Bertz CT molecular complexity index is 400. The van der Waals surface area contributed by atoms with Crippen LogP contribution in [0.25, 0.3) is 0 Å². The number of hydrogen-bond donors (Lipinski definition) is 1. The van der Waals surface area contributed by atoms with Crippen molar-refractivity contribution in [2.75, 3.05) is 0 Å². The monoisotopic (exact) mass is 269 g/mol. The van der Waals surface area contributed by atoms with Gasteiger partial charge in [-0.15, -0.1) is 0 Å². The summed E-state index contributed by atoms with van der Waals surface area (Å²) in [4.78, 5) is 0. The topological polar surface area (TPSA) is 43.8 Å². The molecule has 0 aliphatic heterocycles. The molecule has 0 radical (unpaired) electrons. The number of rotatable bonds is 3. The molecule has 0 saturated heterocycles. The Morgan fingerprint density at radius 2 is 2.22 bits per heavy atom. The maximum absolute atomic E-state index is 6.34. The van der Waals surface area contributed by atoms with Crippen LogP contribution in [-0.4, -0.2) is 15.8 Å². The lowest BCUT2D eigenvalue weighted by Crippen LogP contribution is -2.36. The van der Waals surface area contributed by atoms with Gasteiger partial charge in [0.1, 0.15) is 0 Å². The fraction of sp³-hybridized carbons (Fsp3) is 0.786. The second-order valence-electron chi connectivity index (χ2n) is 5.77. The van der Waals surface area contributed by atoms with E-state index in [9.17, 15) is 0 Å². The van der Waals surface area contributed by atoms with E-state index in [0.717, 1.165) is 29.5 Å². The van der Waals surface area contributed by atoms with E-state index in [4.69, 9.17) is 17.3 Å². The zero-order valence-electron chi connectivity index (χ0n) is 11.6. The van der Waals surface area contributed by atoms with E-state index < -0.39 is 0 Å². The molecule has 1 aliphatic carbocycles. The predicted octanol–water partition coefficient (Wildman–Crippen LogP) is 3.74. The average molecular weight is 270 g/mol. The molecule has 2 N–H and O–H groups in total. The van der Waals surface area contributed by atoms with E-state index in [1.807, 2.05) is 4.68 Å². The summed E-state index contributed by atoms with van der Waals surface area (Å²) in [7, 11) is 0. The number of nitrogens with zero attached hydrogens (tertiary/aromatic N) is 2. The highest BCUT2D eigenvalue weighted by molar-refractivity contribution is 6.31. The molecule has 0 amide bonds. The van der Waals surface area contributed by atoms with Gasteiger partial charge in [-0.25, -0.2) is 0 Å². The van der Waals surface area contributed by atoms with Crippen molar-refractivity contribution in [1.82, 2.24) is 9.78 Å². The molecule has 18 heavy (non-hydrogen) atoms. The third-order valence-electron chi connectivity index (χ3n) is 4.22. The SMILES string of the molecule is CCC1CCC(N)C(c2c(Cl)cnn2C(C)C)C1. The maximum atomic E-state index is 6.34. The van der Waals surface area contributed by atoms with Crippen LogP contribution in [0.3, 0.4) is 0 Å². The van der Waals surface area contributed by atoms with Crippen molar-refractivity contribution in [3.63, 3.8) is 0 Å². The lowest BCUT2D eigenvalue weighted by Gasteiger charge is -2.34. The quantitative estimate of drug-likeness (QED) is 0.908. The standard InChI is InChI=1S/C14H24ClN3/c1-4-10-5-6-13(16)11(7-10)14-12(15)8-17-18(14)9(2)3/h8-11,13H,4-7,16H2,1-3H3. The van der Waals surface area contributed by atoms with Crippen LogP contribution in [0, 0.1) is 5.92 Å². The highest BCUT2D eigenvalue weighted by atomic mass is 35.5. The molecule has 1 aromatic rings. The Morgan fingerprint density at radius 3 is 2.83 bits per heavy atom. The van der Waals surface area contributed by atoms with Gasteiger partial charge in [-0.2, -0.15) is 5.10 Å². The van der Waals surface area contributed by atoms with Gasteiger partial charge in [0.2, 0.25) is 0 Å². The lowest BCUT2D eigenvalue weighted by molar-refractivity contribution is 0.270. The third kappa shape index (κ3) is 2.57. The van der Waals surface area contributed by atoms with Crippen molar-refractivity contribution in [3.8, 4) is 0 Å². The Hall–Kier alpha value is -0.540. The third-order valence-corrected chi connectivity index (χ3v) is 4.51. The molecule has 1 aromatic heterocycles. The molecule has 102 valence electrons. The number of aromatic nitrogens is 2. The van der Waals surface area contributed by atoms with Crippen LogP contribution in [0.5, 0.6) is 0 Å². The fourth-order valence-corrected chi connectivity index (χ4v) is 3.35. The minimum atomic E-state index is 0.222. The smallest absolute Gasteiger partial charge is 0.0821 e. The van der Waals surface area contributed by atoms with Gasteiger partial charge in [0.15, 0.2) is 0 Å². The highest BCUT2D eigenvalue weighted by Gasteiger charge is 2.32. The van der Waals surface area contributed by atoms with Gasteiger partial charge in [-0.3, -0.25) is 4.68 Å². The normalized spacial score (nSPS) is 28.9. The predicted molar refractivity (Wildman–Crippen MR) is 76.0 cm³/mol. The minimum Gasteiger partial charge on any atom is -0.327 e. The van der Waals surface area contributed by atoms with Gasteiger partial charge < -0.3 is 5.73 Å². The molecule has 3 unspecified atom stereocenters. The second kappa shape index (κ2) is 5.62. The van der Waals surface area contributed by atoms with Gasteiger partial charge in [0.05, 0.1) is 16.9 Å². The van der Waals surface area contributed by atoms with Crippen LogP contribution in [0.2, 0.25) is 5.02 Å². The highest BCUT2D eigenvalue weighted by Crippen LogP contribution is 2.40. The van der Waals surface area contributed by atoms with E-state index in [0.29, 0.717) is 12.0 Å². The number of nitrogens with two attached hydrogens (primary N) is 1. The lowest BCUT2D eigenvalue weighted by atomic mass is 9.76. The van der Waals surface area contributed by atoms with Crippen molar-refractivity contribution in [3.05, 3.63) is 16.9 Å². The molecule has 1 heterocycles. The molecular weight excluding hydrogens is 246 g/mol. The van der Waals surface area contributed by atoms with Gasteiger partial charge in [-0.05, 0) is 39.0 Å². The van der Waals surface area contributed by atoms with Crippen molar-refractivity contribution in [2.24, 2.45) is 11.7 Å². The molecular formula is C14H24ClN3. The summed E-state index contributed by atoms with van der Waals surface area (Å²) < 4.78 is 2.05. The van der Waals surface area contributed by atoms with E-state index in [-0.39, 0.29) is 6.04 Å². The van der Waals surface area contributed by atoms with Gasteiger partial charge >= 0.3 is 0 Å². The summed E-state index contributed by atoms with van der Waals surface area (Å²) in [5, 5.41) is 5.18. The molecule has 2 rings (SSSR count). The number of hydrogen-bond acceptors (Lipinski definition) is 2. The van der Waals surface area contributed by atoms with E-state index in [1.165, 1.54) is 12.8 Å². The molecule has 3 atom stereocenters. The second-order valence-corrected chi connectivity index (χ2v) is 6.18. The largest absolute Gasteiger partial charge is 0.327 e. The van der Waals surface area contributed by atoms with E-state index in [2.05, 4.69) is 25.9 Å². The Kier molecular flexibility index (Phi) is 4.33. The van der Waals surface area contributed by atoms with Crippen molar-refractivity contribution in [2.45, 2.75) is 64.5 Å². The first-order valence-corrected chi connectivity index (χ1v) is 7.40. The van der Waals surface area contributed by atoms with Crippen molar-refractivity contribution < 1.29 is 0 Å². The molecule has 1 saturated carbocycles. The van der Waals surface area contributed by atoms with Crippen LogP contribution in [0.4, 0.5) is 0 Å². The summed E-state index contributed by atoms with van der Waals surface area (Å²) in [6.07, 6.45) is 6.50. The summed E-state index contributed by atoms with van der Waals surface area (Å²) in [6.45, 7) is 6.54. The summed E-state index contributed by atoms with van der Waals surface area (Å²) >= 11 is 6.34. The van der Waals surface area contributed by atoms with Crippen LogP contribution < -0.4 is 5.73 Å². The average Bonchev–Trinajstić information content (AvgIpc) is 2.72. The first-order valence-electron chi connectivity index (χ1n) is 7.03. The molecule has 1 aliphatic rings.